The van der Waals surface area contributed by atoms with Crippen molar-refractivity contribution in [1.29, 1.82) is 0 Å². The van der Waals surface area contributed by atoms with Crippen LogP contribution in [0.5, 0.6) is 0 Å². The van der Waals surface area contributed by atoms with E-state index in [0.717, 1.165) is 30.0 Å². The van der Waals surface area contributed by atoms with Crippen LogP contribution in [-0.4, -0.2) is 43.3 Å². The van der Waals surface area contributed by atoms with E-state index in [1.807, 2.05) is 6.07 Å². The van der Waals surface area contributed by atoms with E-state index < -0.39 is 0 Å². The van der Waals surface area contributed by atoms with E-state index in [9.17, 15) is 0 Å². The van der Waals surface area contributed by atoms with Gasteiger partial charge in [0.1, 0.15) is 0 Å². The summed E-state index contributed by atoms with van der Waals surface area (Å²) in [5.41, 5.74) is 0. The van der Waals surface area contributed by atoms with E-state index >= 15 is 0 Å². The Morgan fingerprint density at radius 1 is 1.30 bits per heavy atom. The minimum Gasteiger partial charge on any atom is -0.372 e. The summed E-state index contributed by atoms with van der Waals surface area (Å²) in [7, 11) is 2.16. The summed E-state index contributed by atoms with van der Waals surface area (Å²) in [6.45, 7) is 3.00. The molecule has 2 fully saturated rings. The van der Waals surface area contributed by atoms with Gasteiger partial charge in [-0.25, -0.2) is 0 Å². The number of nitrogens with one attached hydrogen (secondary N) is 1. The van der Waals surface area contributed by atoms with Crippen LogP contribution in [0.1, 0.15) is 30.6 Å². The zero-order chi connectivity index (χ0) is 13.9. The molecule has 1 aromatic rings. The standard InChI is InChI=1S/C15H23ClN2OS/c1-18(10-14-6-7-15(16)20-14)9-13-5-4-12(19-13)8-17-11-2-3-11/h6-7,11-13,17H,2-5,8-10H2,1H3. The Morgan fingerprint density at radius 3 is 2.80 bits per heavy atom. The predicted molar refractivity (Wildman–Crippen MR) is 84.6 cm³/mol. The van der Waals surface area contributed by atoms with Crippen LogP contribution in [-0.2, 0) is 11.3 Å². The molecule has 1 aliphatic carbocycles. The molecule has 0 radical (unpaired) electrons. The zero-order valence-corrected chi connectivity index (χ0v) is 13.6. The maximum atomic E-state index is 6.13. The molecule has 2 aliphatic rings. The highest BCUT2D eigenvalue weighted by Gasteiger charge is 2.28. The number of thiophene rings is 1. The van der Waals surface area contributed by atoms with Gasteiger partial charge in [-0.2, -0.15) is 0 Å². The van der Waals surface area contributed by atoms with Crippen molar-refractivity contribution < 1.29 is 4.74 Å². The van der Waals surface area contributed by atoms with Gasteiger partial charge in [0.05, 0.1) is 16.5 Å². The van der Waals surface area contributed by atoms with Gasteiger partial charge in [0.15, 0.2) is 0 Å². The number of likely N-dealkylation sites (N-methyl/N-ethyl adjacent to an activating group) is 1. The van der Waals surface area contributed by atoms with Gasteiger partial charge in [0, 0.05) is 30.6 Å². The topological polar surface area (TPSA) is 24.5 Å². The van der Waals surface area contributed by atoms with Gasteiger partial charge in [-0.15, -0.1) is 11.3 Å². The number of nitrogens with zero attached hydrogens (tertiary/aromatic N) is 1. The average molecular weight is 315 g/mol. The molecule has 0 bridgehead atoms. The molecule has 112 valence electrons. The highest BCUT2D eigenvalue weighted by atomic mass is 35.5. The Kier molecular flexibility index (Phi) is 5.00. The van der Waals surface area contributed by atoms with Gasteiger partial charge >= 0.3 is 0 Å². The SMILES string of the molecule is CN(Cc1ccc(Cl)s1)CC1CCC(CNC2CC2)O1. The van der Waals surface area contributed by atoms with Crippen LogP contribution in [0.4, 0.5) is 0 Å². The molecule has 1 aromatic heterocycles. The van der Waals surface area contributed by atoms with Crippen LogP contribution in [0.25, 0.3) is 0 Å². The number of hydrogen-bond donors (Lipinski definition) is 1. The van der Waals surface area contributed by atoms with Crippen LogP contribution >= 0.6 is 22.9 Å². The molecule has 0 amide bonds. The van der Waals surface area contributed by atoms with Crippen LogP contribution in [0.3, 0.4) is 0 Å². The van der Waals surface area contributed by atoms with E-state index in [-0.39, 0.29) is 0 Å². The summed E-state index contributed by atoms with van der Waals surface area (Å²) >= 11 is 7.63. The molecule has 5 heteroatoms. The van der Waals surface area contributed by atoms with Gasteiger partial charge < -0.3 is 10.1 Å². The molecule has 2 unspecified atom stereocenters. The van der Waals surface area contributed by atoms with E-state index in [1.165, 1.54) is 30.6 Å². The summed E-state index contributed by atoms with van der Waals surface area (Å²) in [6, 6.07) is 4.87. The Bertz CT molecular complexity index is 435. The molecule has 1 aliphatic heterocycles. The van der Waals surface area contributed by atoms with Gasteiger partial charge in [-0.1, -0.05) is 11.6 Å². The summed E-state index contributed by atoms with van der Waals surface area (Å²) in [6.07, 6.45) is 5.90. The van der Waals surface area contributed by atoms with Crippen molar-refractivity contribution in [2.24, 2.45) is 0 Å². The summed E-state index contributed by atoms with van der Waals surface area (Å²) < 4.78 is 7.00. The van der Waals surface area contributed by atoms with Gasteiger partial charge in [0.2, 0.25) is 0 Å². The van der Waals surface area contributed by atoms with E-state index in [1.54, 1.807) is 11.3 Å². The summed E-state index contributed by atoms with van der Waals surface area (Å²) in [5.74, 6) is 0. The maximum Gasteiger partial charge on any atom is 0.0931 e. The monoisotopic (exact) mass is 314 g/mol. The number of halogens is 1. The summed E-state index contributed by atoms with van der Waals surface area (Å²) in [4.78, 5) is 3.66. The predicted octanol–water partition coefficient (Wildman–Crippen LogP) is 3.13. The van der Waals surface area contributed by atoms with Gasteiger partial charge in [-0.3, -0.25) is 4.90 Å². The number of ether oxygens (including phenoxy) is 1. The van der Waals surface area contributed by atoms with Gasteiger partial charge in [-0.05, 0) is 44.9 Å². The maximum absolute atomic E-state index is 6.13. The molecule has 0 spiro atoms. The van der Waals surface area contributed by atoms with Crippen LogP contribution in [0, 0.1) is 0 Å². The quantitative estimate of drug-likeness (QED) is 0.837. The normalized spacial score (nSPS) is 26.6. The van der Waals surface area contributed by atoms with Crippen LogP contribution < -0.4 is 5.32 Å². The molecule has 0 aromatic carbocycles. The van der Waals surface area contributed by atoms with Crippen molar-refractivity contribution in [3.63, 3.8) is 0 Å². The molecule has 1 saturated heterocycles. The van der Waals surface area contributed by atoms with Crippen molar-refractivity contribution in [3.05, 3.63) is 21.3 Å². The molecule has 2 atom stereocenters. The third-order valence-corrected chi connectivity index (χ3v) is 5.19. The molecule has 3 rings (SSSR count). The smallest absolute Gasteiger partial charge is 0.0931 e. The Balaban J connectivity index is 1.37. The lowest BCUT2D eigenvalue weighted by molar-refractivity contribution is 0.0267. The Labute approximate surface area is 130 Å². The Hall–Kier alpha value is -0.130. The first-order valence-electron chi connectivity index (χ1n) is 7.50. The lowest BCUT2D eigenvalue weighted by atomic mass is 10.2. The first-order chi connectivity index (χ1) is 9.69. The van der Waals surface area contributed by atoms with E-state index in [2.05, 4.69) is 23.3 Å². The highest BCUT2D eigenvalue weighted by molar-refractivity contribution is 7.16. The second kappa shape index (κ2) is 6.75. The average Bonchev–Trinajstić information content (AvgIpc) is 3.00. The van der Waals surface area contributed by atoms with Crippen molar-refractivity contribution >= 4 is 22.9 Å². The molecule has 3 nitrogen and oxygen atoms in total. The first kappa shape index (κ1) is 14.8. The molecule has 2 heterocycles. The lowest BCUT2D eigenvalue weighted by Gasteiger charge is -2.21. The Morgan fingerprint density at radius 2 is 2.10 bits per heavy atom. The minimum absolute atomic E-state index is 0.390. The van der Waals surface area contributed by atoms with E-state index in [0.29, 0.717) is 12.2 Å². The fraction of sp³-hybridized carbons (Fsp3) is 0.733. The molecular formula is C15H23ClN2OS. The summed E-state index contributed by atoms with van der Waals surface area (Å²) in [5, 5.41) is 3.56. The number of hydrogen-bond acceptors (Lipinski definition) is 4. The van der Waals surface area contributed by atoms with Crippen LogP contribution in [0.15, 0.2) is 12.1 Å². The second-order valence-corrected chi connectivity index (χ2v) is 7.84. The molecule has 1 N–H and O–H groups in total. The first-order valence-corrected chi connectivity index (χ1v) is 8.70. The van der Waals surface area contributed by atoms with Crippen LogP contribution in [0.2, 0.25) is 4.34 Å². The zero-order valence-electron chi connectivity index (χ0n) is 12.0. The molecule has 1 saturated carbocycles. The van der Waals surface area contributed by atoms with Crippen molar-refractivity contribution in [1.82, 2.24) is 10.2 Å². The second-order valence-electron chi connectivity index (χ2n) is 6.04. The van der Waals surface area contributed by atoms with Crippen molar-refractivity contribution in [2.45, 2.75) is 50.5 Å². The minimum atomic E-state index is 0.390. The fourth-order valence-corrected chi connectivity index (χ4v) is 3.93. The molecule has 20 heavy (non-hydrogen) atoms. The lowest BCUT2D eigenvalue weighted by Crippen LogP contribution is -2.32. The fourth-order valence-electron chi connectivity index (χ4n) is 2.77. The largest absolute Gasteiger partial charge is 0.372 e. The third kappa shape index (κ3) is 4.43. The van der Waals surface area contributed by atoms with Crippen molar-refractivity contribution in [3.8, 4) is 0 Å². The van der Waals surface area contributed by atoms with Crippen molar-refractivity contribution in [2.75, 3.05) is 20.1 Å². The van der Waals surface area contributed by atoms with Gasteiger partial charge in [0.25, 0.3) is 0 Å². The van der Waals surface area contributed by atoms with E-state index in [4.69, 9.17) is 16.3 Å². The molecular weight excluding hydrogens is 292 g/mol. The third-order valence-electron chi connectivity index (χ3n) is 3.98. The number of rotatable bonds is 7. The highest BCUT2D eigenvalue weighted by Crippen LogP contribution is 2.25.